The molecule has 1 aliphatic rings. The van der Waals surface area contributed by atoms with Crippen molar-refractivity contribution in [3.63, 3.8) is 0 Å². The largest absolute Gasteiger partial charge is 0.493 e. The number of hydrogen-bond acceptors (Lipinski definition) is 8. The summed E-state index contributed by atoms with van der Waals surface area (Å²) in [6.45, 7) is 2.27. The summed E-state index contributed by atoms with van der Waals surface area (Å²) in [4.78, 5) is 27.9. The molecule has 0 N–H and O–H groups in total. The Morgan fingerprint density at radius 2 is 1.73 bits per heavy atom. The van der Waals surface area contributed by atoms with Crippen LogP contribution in [0.4, 0.5) is 0 Å². The molecule has 1 aromatic heterocycles. The Labute approximate surface area is 242 Å². The maximum Gasteiger partial charge on any atom is 0.337 e. The highest BCUT2D eigenvalue weighted by molar-refractivity contribution is 6.33. The van der Waals surface area contributed by atoms with Crippen LogP contribution >= 0.6 is 11.6 Å². The van der Waals surface area contributed by atoms with Crippen molar-refractivity contribution >= 4 is 23.5 Å². The number of ether oxygens (including phenoxy) is 4. The highest BCUT2D eigenvalue weighted by Crippen LogP contribution is 2.40. The zero-order chi connectivity index (χ0) is 29.1. The molecule has 1 aliphatic heterocycles. The number of aromatic nitrogens is 1. The Morgan fingerprint density at radius 1 is 1.02 bits per heavy atom. The first-order valence-corrected chi connectivity index (χ1v) is 13.3. The molecule has 1 unspecified atom stereocenters. The average Bonchev–Trinajstić information content (AvgIpc) is 3.39. The Morgan fingerprint density at radius 3 is 2.41 bits per heavy atom. The van der Waals surface area contributed by atoms with E-state index in [0.717, 1.165) is 11.1 Å². The third-order valence-electron chi connectivity index (χ3n) is 7.15. The topological polar surface area (TPSA) is 100 Å². The lowest BCUT2D eigenvalue weighted by Crippen LogP contribution is -2.43. The van der Waals surface area contributed by atoms with Gasteiger partial charge in [0.15, 0.2) is 11.5 Å². The van der Waals surface area contributed by atoms with E-state index in [1.165, 1.54) is 7.11 Å². The van der Waals surface area contributed by atoms with Gasteiger partial charge in [-0.2, -0.15) is 0 Å². The van der Waals surface area contributed by atoms with Crippen LogP contribution in [-0.4, -0.2) is 56.4 Å². The van der Waals surface area contributed by atoms with E-state index in [9.17, 15) is 9.59 Å². The van der Waals surface area contributed by atoms with E-state index in [1.807, 2.05) is 24.3 Å². The summed E-state index contributed by atoms with van der Waals surface area (Å²) in [5.41, 5.74) is 3.64. The number of fused-ring (bicyclic) bond motifs is 1. The number of carbonyl (C=O) groups excluding carboxylic acids is 2. The van der Waals surface area contributed by atoms with Crippen molar-refractivity contribution in [1.29, 1.82) is 0 Å². The van der Waals surface area contributed by atoms with Crippen molar-refractivity contribution in [1.82, 2.24) is 10.1 Å². The summed E-state index contributed by atoms with van der Waals surface area (Å²) in [5.74, 6) is 1.39. The summed E-state index contributed by atoms with van der Waals surface area (Å²) < 4.78 is 27.6. The van der Waals surface area contributed by atoms with E-state index in [2.05, 4.69) is 5.16 Å². The molecular formula is C31H29ClN2O7. The van der Waals surface area contributed by atoms with Gasteiger partial charge in [0.25, 0.3) is 5.91 Å². The number of benzene rings is 3. The molecule has 1 atom stereocenters. The number of nitrogens with zero attached hydrogens (tertiary/aromatic N) is 2. The lowest BCUT2D eigenvalue weighted by atomic mass is 9.91. The Kier molecular flexibility index (Phi) is 8.16. The molecule has 0 fully saturated rings. The zero-order valence-corrected chi connectivity index (χ0v) is 23.9. The summed E-state index contributed by atoms with van der Waals surface area (Å²) >= 11 is 6.46. The predicted molar refractivity (Wildman–Crippen MR) is 152 cm³/mol. The summed E-state index contributed by atoms with van der Waals surface area (Å²) in [6, 6.07) is 17.2. The summed E-state index contributed by atoms with van der Waals surface area (Å²) in [5, 5.41) is 4.66. The number of halogens is 1. The van der Waals surface area contributed by atoms with Crippen molar-refractivity contribution < 1.29 is 33.1 Å². The van der Waals surface area contributed by atoms with Crippen molar-refractivity contribution in [2.24, 2.45) is 0 Å². The highest BCUT2D eigenvalue weighted by Gasteiger charge is 2.36. The van der Waals surface area contributed by atoms with Gasteiger partial charge in [0.2, 0.25) is 0 Å². The quantitative estimate of drug-likeness (QED) is 0.238. The van der Waals surface area contributed by atoms with Gasteiger partial charge in [-0.1, -0.05) is 35.0 Å². The van der Waals surface area contributed by atoms with E-state index in [0.29, 0.717) is 63.4 Å². The van der Waals surface area contributed by atoms with Gasteiger partial charge in [-0.3, -0.25) is 4.79 Å². The van der Waals surface area contributed by atoms with Crippen molar-refractivity contribution in [2.75, 3.05) is 34.5 Å². The fraction of sp³-hybridized carbons (Fsp3) is 0.258. The zero-order valence-electron chi connectivity index (χ0n) is 23.1. The van der Waals surface area contributed by atoms with Gasteiger partial charge >= 0.3 is 5.97 Å². The van der Waals surface area contributed by atoms with Gasteiger partial charge in [0.05, 0.1) is 38.0 Å². The molecule has 5 rings (SSSR count). The molecule has 9 nitrogen and oxygen atoms in total. The number of carbonyl (C=O) groups is 2. The summed E-state index contributed by atoms with van der Waals surface area (Å²) in [7, 11) is 4.49. The van der Waals surface area contributed by atoms with Crippen molar-refractivity contribution in [3.8, 4) is 28.5 Å². The molecule has 10 heteroatoms. The van der Waals surface area contributed by atoms with Crippen LogP contribution in [0.15, 0.2) is 65.2 Å². The second-order valence-electron chi connectivity index (χ2n) is 9.44. The molecule has 0 bridgehead atoms. The van der Waals surface area contributed by atoms with Crippen molar-refractivity contribution in [3.05, 3.63) is 93.7 Å². The molecule has 0 saturated heterocycles. The third-order valence-corrected chi connectivity index (χ3v) is 7.48. The van der Waals surface area contributed by atoms with Crippen LogP contribution in [0, 0.1) is 6.92 Å². The van der Waals surface area contributed by atoms with Gasteiger partial charge < -0.3 is 28.4 Å². The van der Waals surface area contributed by atoms with E-state index in [1.54, 1.807) is 62.4 Å². The minimum Gasteiger partial charge on any atom is -0.493 e. The third kappa shape index (κ3) is 5.45. The first-order chi connectivity index (χ1) is 19.9. The monoisotopic (exact) mass is 576 g/mol. The number of methoxy groups -OCH3 is 3. The predicted octanol–water partition coefficient (Wildman–Crippen LogP) is 5.93. The lowest BCUT2D eigenvalue weighted by Gasteiger charge is -2.37. The van der Waals surface area contributed by atoms with Crippen LogP contribution in [0.3, 0.4) is 0 Å². The van der Waals surface area contributed by atoms with Crippen LogP contribution in [-0.2, 0) is 11.2 Å². The summed E-state index contributed by atoms with van der Waals surface area (Å²) in [6.07, 6.45) is 0.595. The van der Waals surface area contributed by atoms with Crippen LogP contribution in [0.2, 0.25) is 5.02 Å². The van der Waals surface area contributed by atoms with E-state index < -0.39 is 12.0 Å². The first kappa shape index (κ1) is 28.0. The maximum absolute atomic E-state index is 14.3. The van der Waals surface area contributed by atoms with Gasteiger partial charge in [0, 0.05) is 12.1 Å². The molecule has 212 valence electrons. The van der Waals surface area contributed by atoms with Crippen LogP contribution < -0.4 is 14.2 Å². The number of aryl methyl sites for hydroxylation is 1. The SMILES string of the molecule is COC(=O)c1ccc(OCC2c3cc(OC)c(OC)cc3CCN2C(=O)c2c(-c3ccccc3Cl)noc2C)cc1. The Hall–Kier alpha value is -4.50. The molecule has 41 heavy (non-hydrogen) atoms. The van der Waals surface area contributed by atoms with Crippen LogP contribution in [0.25, 0.3) is 11.3 Å². The molecule has 1 amide bonds. The normalized spacial score (nSPS) is 14.3. The second-order valence-corrected chi connectivity index (χ2v) is 9.85. The standard InChI is InChI=1S/C31H29ClN2O7/c1-18-28(29(33-41-18)22-7-5-6-8-24(22)32)30(35)34-14-13-20-15-26(37-2)27(38-3)16-23(20)25(34)17-40-21-11-9-19(10-12-21)31(36)39-4/h5-12,15-16,25H,13-14,17H2,1-4H3. The minimum atomic E-state index is -0.486. The number of esters is 1. The maximum atomic E-state index is 14.3. The smallest absolute Gasteiger partial charge is 0.337 e. The number of hydrogen-bond donors (Lipinski definition) is 0. The minimum absolute atomic E-state index is 0.136. The lowest BCUT2D eigenvalue weighted by molar-refractivity contribution is 0.0582. The first-order valence-electron chi connectivity index (χ1n) is 12.9. The van der Waals surface area contributed by atoms with E-state index >= 15 is 0 Å². The van der Waals surface area contributed by atoms with Crippen molar-refractivity contribution in [2.45, 2.75) is 19.4 Å². The Bertz CT molecular complexity index is 1580. The fourth-order valence-corrected chi connectivity index (χ4v) is 5.26. The average molecular weight is 577 g/mol. The van der Waals surface area contributed by atoms with Gasteiger partial charge in [-0.05, 0) is 66.9 Å². The molecule has 0 saturated carbocycles. The fourth-order valence-electron chi connectivity index (χ4n) is 5.04. The molecule has 3 aromatic carbocycles. The van der Waals surface area contributed by atoms with E-state index in [-0.39, 0.29) is 12.5 Å². The molecule has 0 spiro atoms. The number of amides is 1. The molecular weight excluding hydrogens is 548 g/mol. The van der Waals surface area contributed by atoms with Crippen LogP contribution in [0.1, 0.15) is 43.6 Å². The molecule has 0 aliphatic carbocycles. The second kappa shape index (κ2) is 11.9. The number of rotatable bonds is 8. The van der Waals surface area contributed by atoms with Gasteiger partial charge in [-0.15, -0.1) is 0 Å². The highest BCUT2D eigenvalue weighted by atomic mass is 35.5. The van der Waals surface area contributed by atoms with E-state index in [4.69, 9.17) is 35.1 Å². The molecule has 2 heterocycles. The molecule has 0 radical (unpaired) electrons. The van der Waals surface area contributed by atoms with Gasteiger partial charge in [-0.25, -0.2) is 4.79 Å². The van der Waals surface area contributed by atoms with Crippen LogP contribution in [0.5, 0.6) is 17.2 Å². The Balaban J connectivity index is 1.53. The van der Waals surface area contributed by atoms with Gasteiger partial charge in [0.1, 0.15) is 29.4 Å². The molecule has 4 aromatic rings.